The van der Waals surface area contributed by atoms with Gasteiger partial charge in [0.05, 0.1) is 6.42 Å². The molecule has 1 saturated heterocycles. The Bertz CT molecular complexity index is 714. The number of carbonyl (C=O) groups excluding carboxylic acids is 3. The molecule has 0 aliphatic carbocycles. The van der Waals surface area contributed by atoms with Gasteiger partial charge in [-0.3, -0.25) is 19.8 Å². The third-order valence-electron chi connectivity index (χ3n) is 3.74. The molecule has 1 aromatic rings. The average molecular weight is 344 g/mol. The minimum Gasteiger partial charge on any atom is -0.435 e. The molecular weight excluding hydrogens is 324 g/mol. The molecule has 8 nitrogen and oxygen atoms in total. The number of hydrogen-bond acceptors (Lipinski definition) is 5. The number of hydrogen-bond donors (Lipinski definition) is 4. The number of carbonyl (C=O) groups is 3. The SMILES string of the molecule is C=CC1(NC(=O)CCC(=O)Nc2ccc(C(=N)N)cc2)CCC(=O)O1. The highest BCUT2D eigenvalue weighted by Crippen LogP contribution is 2.25. The summed E-state index contributed by atoms with van der Waals surface area (Å²) >= 11 is 0. The van der Waals surface area contributed by atoms with Gasteiger partial charge in [0.1, 0.15) is 5.84 Å². The highest BCUT2D eigenvalue weighted by atomic mass is 16.6. The second-order valence-electron chi connectivity index (χ2n) is 5.66. The zero-order chi connectivity index (χ0) is 18.4. The first-order valence-corrected chi connectivity index (χ1v) is 7.74. The fourth-order valence-electron chi connectivity index (χ4n) is 2.36. The summed E-state index contributed by atoms with van der Waals surface area (Å²) in [5.74, 6) is -1.19. The van der Waals surface area contributed by atoms with Crippen LogP contribution in [0, 0.1) is 5.41 Å². The van der Waals surface area contributed by atoms with Crippen molar-refractivity contribution in [1.29, 1.82) is 5.41 Å². The van der Waals surface area contributed by atoms with E-state index in [2.05, 4.69) is 17.2 Å². The lowest BCUT2D eigenvalue weighted by molar-refractivity contribution is -0.149. The van der Waals surface area contributed by atoms with E-state index in [1.54, 1.807) is 24.3 Å². The molecule has 1 aliphatic rings. The second-order valence-corrected chi connectivity index (χ2v) is 5.66. The van der Waals surface area contributed by atoms with E-state index in [0.29, 0.717) is 17.7 Å². The minimum absolute atomic E-state index is 0.0263. The van der Waals surface area contributed by atoms with Crippen molar-refractivity contribution in [1.82, 2.24) is 5.32 Å². The number of amidine groups is 1. The van der Waals surface area contributed by atoms with E-state index in [0.717, 1.165) is 0 Å². The second kappa shape index (κ2) is 7.61. The molecule has 1 unspecified atom stereocenters. The molecule has 1 aromatic carbocycles. The van der Waals surface area contributed by atoms with E-state index >= 15 is 0 Å². The van der Waals surface area contributed by atoms with E-state index < -0.39 is 17.6 Å². The van der Waals surface area contributed by atoms with E-state index in [-0.39, 0.29) is 31.0 Å². The maximum atomic E-state index is 12.0. The van der Waals surface area contributed by atoms with Crippen molar-refractivity contribution in [2.24, 2.45) is 5.73 Å². The molecule has 25 heavy (non-hydrogen) atoms. The van der Waals surface area contributed by atoms with Gasteiger partial charge in [0.2, 0.25) is 17.5 Å². The van der Waals surface area contributed by atoms with Gasteiger partial charge in [-0.25, -0.2) is 0 Å². The van der Waals surface area contributed by atoms with Crippen molar-refractivity contribution < 1.29 is 19.1 Å². The van der Waals surface area contributed by atoms with Crippen LogP contribution in [0.5, 0.6) is 0 Å². The number of nitrogens with two attached hydrogens (primary N) is 1. The summed E-state index contributed by atoms with van der Waals surface area (Å²) in [5, 5.41) is 12.6. The lowest BCUT2D eigenvalue weighted by atomic mass is 10.1. The number of esters is 1. The number of rotatable bonds is 7. The number of nitrogens with one attached hydrogen (secondary N) is 3. The predicted octanol–water partition coefficient (Wildman–Crippen LogP) is 1.02. The van der Waals surface area contributed by atoms with Gasteiger partial charge in [-0.2, -0.15) is 0 Å². The molecule has 1 heterocycles. The van der Waals surface area contributed by atoms with Crippen molar-refractivity contribution in [3.8, 4) is 0 Å². The van der Waals surface area contributed by atoms with Crippen LogP contribution in [-0.2, 0) is 19.1 Å². The topological polar surface area (TPSA) is 134 Å². The quantitative estimate of drug-likeness (QED) is 0.254. The maximum Gasteiger partial charge on any atom is 0.308 e. The van der Waals surface area contributed by atoms with Gasteiger partial charge in [-0.15, -0.1) is 0 Å². The Morgan fingerprint density at radius 2 is 1.92 bits per heavy atom. The molecule has 0 aromatic heterocycles. The van der Waals surface area contributed by atoms with Crippen molar-refractivity contribution in [3.63, 3.8) is 0 Å². The van der Waals surface area contributed by atoms with Crippen molar-refractivity contribution in [3.05, 3.63) is 42.5 Å². The van der Waals surface area contributed by atoms with Crippen LogP contribution < -0.4 is 16.4 Å². The maximum absolute atomic E-state index is 12.0. The van der Waals surface area contributed by atoms with Crippen LogP contribution in [0.4, 0.5) is 5.69 Å². The highest BCUT2D eigenvalue weighted by molar-refractivity contribution is 5.96. The van der Waals surface area contributed by atoms with Gasteiger partial charge in [0.25, 0.3) is 0 Å². The van der Waals surface area contributed by atoms with Gasteiger partial charge in [0.15, 0.2) is 0 Å². The molecule has 0 saturated carbocycles. The largest absolute Gasteiger partial charge is 0.435 e. The van der Waals surface area contributed by atoms with Gasteiger partial charge in [-0.1, -0.05) is 6.58 Å². The summed E-state index contributed by atoms with van der Waals surface area (Å²) in [6, 6.07) is 6.48. The molecule has 0 bridgehead atoms. The molecule has 8 heteroatoms. The normalized spacial score (nSPS) is 19.0. The van der Waals surface area contributed by atoms with Crippen molar-refractivity contribution in [2.45, 2.75) is 31.4 Å². The van der Waals surface area contributed by atoms with Gasteiger partial charge >= 0.3 is 5.97 Å². The Labute approximate surface area is 144 Å². The van der Waals surface area contributed by atoms with Gasteiger partial charge < -0.3 is 21.1 Å². The van der Waals surface area contributed by atoms with Crippen molar-refractivity contribution in [2.75, 3.05) is 5.32 Å². The molecule has 1 atom stereocenters. The Morgan fingerprint density at radius 1 is 1.28 bits per heavy atom. The molecule has 1 aliphatic heterocycles. The monoisotopic (exact) mass is 344 g/mol. The first kappa shape index (κ1) is 18.2. The minimum atomic E-state index is -1.17. The highest BCUT2D eigenvalue weighted by Gasteiger charge is 2.38. The third kappa shape index (κ3) is 4.90. The van der Waals surface area contributed by atoms with Crippen molar-refractivity contribution >= 4 is 29.3 Å². The molecule has 1 fully saturated rings. The van der Waals surface area contributed by atoms with Crippen LogP contribution in [0.3, 0.4) is 0 Å². The molecule has 2 rings (SSSR count). The summed E-state index contributed by atoms with van der Waals surface area (Å²) in [4.78, 5) is 35.1. The first-order valence-electron chi connectivity index (χ1n) is 7.74. The Hall–Kier alpha value is -3.16. The molecule has 132 valence electrons. The smallest absolute Gasteiger partial charge is 0.308 e. The summed E-state index contributed by atoms with van der Waals surface area (Å²) in [5.41, 5.74) is 5.28. The van der Waals surface area contributed by atoms with Crippen LogP contribution in [0.2, 0.25) is 0 Å². The Balaban J connectivity index is 1.81. The number of amides is 2. The number of ether oxygens (including phenoxy) is 1. The zero-order valence-corrected chi connectivity index (χ0v) is 13.6. The van der Waals surface area contributed by atoms with Gasteiger partial charge in [-0.05, 0) is 30.3 Å². The molecule has 0 spiro atoms. The first-order chi connectivity index (χ1) is 11.8. The van der Waals surface area contributed by atoms with E-state index in [4.69, 9.17) is 15.9 Å². The van der Waals surface area contributed by atoms with E-state index in [1.807, 2.05) is 0 Å². The predicted molar refractivity (Wildman–Crippen MR) is 91.7 cm³/mol. The summed E-state index contributed by atoms with van der Waals surface area (Å²) in [7, 11) is 0. The zero-order valence-electron chi connectivity index (χ0n) is 13.6. The van der Waals surface area contributed by atoms with Crippen LogP contribution in [0.25, 0.3) is 0 Å². The van der Waals surface area contributed by atoms with Crippen LogP contribution >= 0.6 is 0 Å². The summed E-state index contributed by atoms with van der Waals surface area (Å²) in [6.07, 6.45) is 1.84. The van der Waals surface area contributed by atoms with Crippen LogP contribution in [0.1, 0.15) is 31.2 Å². The molecule has 0 radical (unpaired) electrons. The standard InChI is InChI=1S/C17H20N4O4/c1-2-17(10-9-15(24)25-17)21-14(23)8-7-13(22)20-12-5-3-11(4-6-12)16(18)19/h2-6H,1,7-10H2,(H3,18,19)(H,20,22)(H,21,23). The van der Waals surface area contributed by atoms with Crippen LogP contribution in [-0.4, -0.2) is 29.3 Å². The number of cyclic esters (lactones) is 1. The molecular formula is C17H20N4O4. The number of anilines is 1. The Kier molecular flexibility index (Phi) is 5.53. The third-order valence-corrected chi connectivity index (χ3v) is 3.74. The van der Waals surface area contributed by atoms with E-state index in [9.17, 15) is 14.4 Å². The number of nitrogen functional groups attached to an aromatic ring is 1. The fourth-order valence-corrected chi connectivity index (χ4v) is 2.36. The Morgan fingerprint density at radius 3 is 2.44 bits per heavy atom. The molecule has 5 N–H and O–H groups in total. The molecule has 2 amide bonds. The summed E-state index contributed by atoms with van der Waals surface area (Å²) in [6.45, 7) is 3.58. The average Bonchev–Trinajstić information content (AvgIpc) is 2.95. The lowest BCUT2D eigenvalue weighted by Gasteiger charge is -2.24. The fraction of sp³-hybridized carbons (Fsp3) is 0.294. The number of benzene rings is 1. The van der Waals surface area contributed by atoms with Crippen LogP contribution in [0.15, 0.2) is 36.9 Å². The summed E-state index contributed by atoms with van der Waals surface area (Å²) < 4.78 is 5.08. The van der Waals surface area contributed by atoms with E-state index in [1.165, 1.54) is 6.08 Å². The van der Waals surface area contributed by atoms with Gasteiger partial charge in [0, 0.05) is 30.5 Å². The lowest BCUT2D eigenvalue weighted by Crippen LogP contribution is -2.46.